The Morgan fingerprint density at radius 2 is 1.78 bits per heavy atom. The smallest absolute Gasteiger partial charge is 0.233 e. The van der Waals surface area contributed by atoms with E-state index in [-0.39, 0.29) is 24.0 Å². The van der Waals surface area contributed by atoms with Gasteiger partial charge in [0, 0.05) is 12.0 Å². The van der Waals surface area contributed by atoms with Crippen molar-refractivity contribution in [1.29, 1.82) is 0 Å². The van der Waals surface area contributed by atoms with Crippen molar-refractivity contribution in [3.63, 3.8) is 0 Å². The molecule has 4 fully saturated rings. The number of aryl methyl sites for hydroxylation is 1. The third kappa shape index (κ3) is 2.58. The molecule has 1 aliphatic heterocycles. The fourth-order valence-electron chi connectivity index (χ4n) is 6.89. The second-order valence-electron chi connectivity index (χ2n) is 9.04. The molecule has 3 saturated carbocycles. The summed E-state index contributed by atoms with van der Waals surface area (Å²) >= 11 is 0. The number of carbonyl (C=O) groups excluding carboxylic acids is 2. The molecule has 3 aliphatic carbocycles. The summed E-state index contributed by atoms with van der Waals surface area (Å²) in [7, 11) is 0. The van der Waals surface area contributed by atoms with Gasteiger partial charge in [-0.25, -0.2) is 0 Å². The number of nitrogens with two attached hydrogens (primary N) is 1. The molecule has 5 rings (SSSR count). The Balaban J connectivity index is 1.41. The van der Waals surface area contributed by atoms with E-state index in [2.05, 4.69) is 36.5 Å². The van der Waals surface area contributed by atoms with Crippen LogP contribution in [0.3, 0.4) is 0 Å². The highest BCUT2D eigenvalue weighted by molar-refractivity contribution is 6.02. The minimum Gasteiger partial charge on any atom is -0.490 e. The molecule has 1 aromatic carbocycles. The van der Waals surface area contributed by atoms with Gasteiger partial charge in [0.25, 0.3) is 0 Å². The third-order valence-corrected chi connectivity index (χ3v) is 7.78. The average molecular weight is 368 g/mol. The van der Waals surface area contributed by atoms with Crippen LogP contribution in [0.5, 0.6) is 5.75 Å². The van der Waals surface area contributed by atoms with Gasteiger partial charge in [0.05, 0.1) is 0 Å². The van der Waals surface area contributed by atoms with E-state index in [9.17, 15) is 9.59 Å². The Bertz CT molecular complexity index is 761. The molecule has 1 aromatic rings. The van der Waals surface area contributed by atoms with E-state index in [4.69, 9.17) is 10.5 Å². The zero-order valence-electron chi connectivity index (χ0n) is 15.8. The van der Waals surface area contributed by atoms with Crippen molar-refractivity contribution in [3.8, 4) is 5.75 Å². The van der Waals surface area contributed by atoms with Gasteiger partial charge in [0.2, 0.25) is 11.8 Å². The van der Waals surface area contributed by atoms with Gasteiger partial charge in [0.15, 0.2) is 0 Å². The molecular formula is C22H28N2O3. The Morgan fingerprint density at radius 1 is 1.04 bits per heavy atom. The summed E-state index contributed by atoms with van der Waals surface area (Å²) in [5.41, 5.74) is 6.86. The van der Waals surface area contributed by atoms with E-state index in [1.165, 1.54) is 18.4 Å². The number of hydrogen-bond donors (Lipinski definition) is 2. The van der Waals surface area contributed by atoms with E-state index >= 15 is 0 Å². The lowest BCUT2D eigenvalue weighted by atomic mass is 9.62. The number of rotatable bonds is 3. The summed E-state index contributed by atoms with van der Waals surface area (Å²) in [5, 5.41) is 3.15. The molecule has 3 N–H and O–H groups in total. The topological polar surface area (TPSA) is 81.4 Å². The molecule has 1 heterocycles. The Labute approximate surface area is 160 Å². The molecule has 8 unspecified atom stereocenters. The number of nitrogens with one attached hydrogen (secondary N) is 1. The van der Waals surface area contributed by atoms with Crippen molar-refractivity contribution in [2.45, 2.75) is 51.2 Å². The van der Waals surface area contributed by atoms with Crippen LogP contribution in [0.2, 0.25) is 0 Å². The molecule has 5 nitrogen and oxygen atoms in total. The number of ether oxygens (including phenoxy) is 1. The molecule has 144 valence electrons. The minimum absolute atomic E-state index is 0.0888. The number of amides is 2. The van der Waals surface area contributed by atoms with Crippen LogP contribution < -0.4 is 15.8 Å². The van der Waals surface area contributed by atoms with Gasteiger partial charge in [-0.3, -0.25) is 9.59 Å². The maximum atomic E-state index is 12.4. The molecule has 5 heteroatoms. The molecule has 0 aromatic heterocycles. The lowest BCUT2D eigenvalue weighted by Crippen LogP contribution is -2.47. The Morgan fingerprint density at radius 3 is 2.52 bits per heavy atom. The van der Waals surface area contributed by atoms with Crippen molar-refractivity contribution < 1.29 is 14.3 Å². The van der Waals surface area contributed by atoms with E-state index in [1.807, 2.05) is 0 Å². The van der Waals surface area contributed by atoms with Crippen LogP contribution in [0.25, 0.3) is 0 Å². The third-order valence-electron chi connectivity index (χ3n) is 7.78. The maximum Gasteiger partial charge on any atom is 0.233 e. The second kappa shape index (κ2) is 6.25. The zero-order valence-corrected chi connectivity index (χ0v) is 15.8. The van der Waals surface area contributed by atoms with Gasteiger partial charge >= 0.3 is 0 Å². The van der Waals surface area contributed by atoms with Crippen LogP contribution in [0.15, 0.2) is 24.3 Å². The molecule has 0 radical (unpaired) electrons. The maximum absolute atomic E-state index is 12.4. The van der Waals surface area contributed by atoms with E-state index in [0.29, 0.717) is 23.7 Å². The van der Waals surface area contributed by atoms with E-state index in [0.717, 1.165) is 25.0 Å². The lowest BCUT2D eigenvalue weighted by molar-refractivity contribution is -0.133. The van der Waals surface area contributed by atoms with Gasteiger partial charge in [-0.05, 0) is 68.4 Å². The Kier molecular flexibility index (Phi) is 3.95. The molecule has 1 saturated heterocycles. The van der Waals surface area contributed by atoms with Crippen molar-refractivity contribution in [1.82, 2.24) is 5.32 Å². The van der Waals surface area contributed by atoms with Gasteiger partial charge in [0.1, 0.15) is 17.8 Å². The highest BCUT2D eigenvalue weighted by Gasteiger charge is 2.64. The Hall–Kier alpha value is -2.04. The molecule has 4 aliphatic rings. The highest BCUT2D eigenvalue weighted by atomic mass is 16.5. The molecule has 0 spiro atoms. The number of hydrogen-bond acceptors (Lipinski definition) is 3. The second-order valence-corrected chi connectivity index (χ2v) is 9.04. The first-order valence-corrected chi connectivity index (χ1v) is 10.4. The summed E-state index contributed by atoms with van der Waals surface area (Å²) in [5.74, 6) is 1.75. The van der Waals surface area contributed by atoms with Crippen LogP contribution in [-0.4, -0.2) is 24.0 Å². The van der Waals surface area contributed by atoms with Gasteiger partial charge < -0.3 is 15.8 Å². The van der Waals surface area contributed by atoms with Crippen molar-refractivity contribution in [2.75, 3.05) is 0 Å². The van der Waals surface area contributed by atoms with Crippen LogP contribution in [0.1, 0.15) is 37.7 Å². The molecule has 0 bridgehead atoms. The quantitative estimate of drug-likeness (QED) is 0.804. The van der Waals surface area contributed by atoms with Gasteiger partial charge in [-0.1, -0.05) is 24.1 Å². The van der Waals surface area contributed by atoms with Gasteiger partial charge in [-0.15, -0.1) is 0 Å². The van der Waals surface area contributed by atoms with Crippen molar-refractivity contribution in [2.24, 2.45) is 41.2 Å². The number of primary amides is 1. The summed E-state index contributed by atoms with van der Waals surface area (Å²) in [6, 6.07) is 8.45. The number of benzene rings is 1. The van der Waals surface area contributed by atoms with Crippen molar-refractivity contribution in [3.05, 3.63) is 29.8 Å². The zero-order chi connectivity index (χ0) is 18.7. The summed E-state index contributed by atoms with van der Waals surface area (Å²) in [4.78, 5) is 24.4. The fraction of sp³-hybridized carbons (Fsp3) is 0.636. The normalized spacial score (nSPS) is 42.2. The fourth-order valence-corrected chi connectivity index (χ4v) is 6.89. The number of carbonyl (C=O) groups is 2. The predicted octanol–water partition coefficient (Wildman–Crippen LogP) is 2.41. The van der Waals surface area contributed by atoms with E-state index < -0.39 is 11.8 Å². The minimum atomic E-state index is -0.638. The summed E-state index contributed by atoms with van der Waals surface area (Å²) in [6.45, 7) is 2.08. The molecule has 2 amide bonds. The first kappa shape index (κ1) is 17.1. The average Bonchev–Trinajstić information content (AvgIpc) is 3.14. The highest BCUT2D eigenvalue weighted by Crippen LogP contribution is 2.60. The van der Waals surface area contributed by atoms with E-state index in [1.54, 1.807) is 0 Å². The standard InChI is InChI=1S/C22H28N2O3/c1-11-5-7-12(8-6-11)27-16-10-9-14-17-13(16)3-2-4-15(17)20-18(14)19(21(23)25)22(26)24-20/h5-8,13-20H,2-4,9-10H2,1H3,(H2,23,25)(H,24,26). The summed E-state index contributed by atoms with van der Waals surface area (Å²) in [6.07, 6.45) is 5.75. The molecule has 8 atom stereocenters. The molecule has 27 heavy (non-hydrogen) atoms. The number of fused-ring (bicyclic) bond motifs is 3. The van der Waals surface area contributed by atoms with Gasteiger partial charge in [-0.2, -0.15) is 0 Å². The van der Waals surface area contributed by atoms with Crippen LogP contribution >= 0.6 is 0 Å². The predicted molar refractivity (Wildman–Crippen MR) is 101 cm³/mol. The van der Waals surface area contributed by atoms with Crippen LogP contribution in [0, 0.1) is 42.4 Å². The van der Waals surface area contributed by atoms with Crippen LogP contribution in [0.4, 0.5) is 0 Å². The largest absolute Gasteiger partial charge is 0.490 e. The monoisotopic (exact) mass is 368 g/mol. The van der Waals surface area contributed by atoms with Crippen LogP contribution in [-0.2, 0) is 9.59 Å². The molecular weight excluding hydrogens is 340 g/mol. The lowest BCUT2D eigenvalue weighted by Gasteiger charge is -2.46. The summed E-state index contributed by atoms with van der Waals surface area (Å²) < 4.78 is 6.44. The first-order valence-electron chi connectivity index (χ1n) is 10.4. The van der Waals surface area contributed by atoms with Crippen molar-refractivity contribution >= 4 is 11.8 Å². The first-order chi connectivity index (χ1) is 13.0. The SMILES string of the molecule is Cc1ccc(OC2CCC3C4C2CCCC4C2NC(=O)C(C(N)=O)C32)cc1.